The third-order valence-corrected chi connectivity index (χ3v) is 3.22. The summed E-state index contributed by atoms with van der Waals surface area (Å²) in [7, 11) is 0. The van der Waals surface area contributed by atoms with Crippen molar-refractivity contribution < 1.29 is 4.79 Å². The predicted molar refractivity (Wildman–Crippen MR) is 71.2 cm³/mol. The lowest BCUT2D eigenvalue weighted by Gasteiger charge is -2.05. The number of pyridine rings is 1. The Morgan fingerprint density at radius 1 is 1.44 bits per heavy atom. The minimum atomic E-state index is -0.224. The Labute approximate surface area is 113 Å². The van der Waals surface area contributed by atoms with Gasteiger partial charge in [-0.05, 0) is 29.6 Å². The molecule has 1 amide bonds. The molecule has 5 nitrogen and oxygen atoms in total. The molecule has 0 bridgehead atoms. The fourth-order valence-corrected chi connectivity index (χ4v) is 2.20. The lowest BCUT2D eigenvalue weighted by atomic mass is 10.1. The number of anilines is 1. The van der Waals surface area contributed by atoms with Crippen molar-refractivity contribution in [2.24, 2.45) is 0 Å². The number of nitrogens with one attached hydrogen (secondary N) is 1. The molecule has 0 aliphatic carbocycles. The van der Waals surface area contributed by atoms with Crippen molar-refractivity contribution in [2.75, 3.05) is 5.32 Å². The molecule has 1 N–H and O–H groups in total. The lowest BCUT2D eigenvalue weighted by molar-refractivity contribution is 0.102. The SMILES string of the molecule is CC(C)c1nnsc1C(=O)Nc1ccc(Cl)nc1. The maximum atomic E-state index is 12.0. The standard InChI is InChI=1S/C11H11ClN4OS/c1-6(2)9-10(18-16-15-9)11(17)14-7-3-4-8(12)13-5-7/h3-6H,1-2H3,(H,14,17). The minimum Gasteiger partial charge on any atom is -0.320 e. The van der Waals surface area contributed by atoms with E-state index in [4.69, 9.17) is 11.6 Å². The third-order valence-electron chi connectivity index (χ3n) is 2.25. The van der Waals surface area contributed by atoms with Crippen LogP contribution in [0.15, 0.2) is 18.3 Å². The number of rotatable bonds is 3. The number of hydrogen-bond acceptors (Lipinski definition) is 5. The molecular weight excluding hydrogens is 272 g/mol. The van der Waals surface area contributed by atoms with Gasteiger partial charge in [-0.3, -0.25) is 4.79 Å². The molecule has 0 unspecified atom stereocenters. The van der Waals surface area contributed by atoms with Crippen LogP contribution in [0.3, 0.4) is 0 Å². The third kappa shape index (κ3) is 2.83. The van der Waals surface area contributed by atoms with Crippen molar-refractivity contribution in [3.8, 4) is 0 Å². The second kappa shape index (κ2) is 5.41. The van der Waals surface area contributed by atoms with Gasteiger partial charge >= 0.3 is 0 Å². The van der Waals surface area contributed by atoms with E-state index in [1.54, 1.807) is 12.1 Å². The van der Waals surface area contributed by atoms with Crippen molar-refractivity contribution in [2.45, 2.75) is 19.8 Å². The number of carbonyl (C=O) groups is 1. The van der Waals surface area contributed by atoms with Crippen LogP contribution in [0.2, 0.25) is 5.15 Å². The van der Waals surface area contributed by atoms with Gasteiger partial charge in [-0.15, -0.1) is 5.10 Å². The van der Waals surface area contributed by atoms with E-state index in [-0.39, 0.29) is 11.8 Å². The molecule has 0 fully saturated rings. The van der Waals surface area contributed by atoms with Crippen LogP contribution in [0.4, 0.5) is 5.69 Å². The molecule has 2 heterocycles. The largest absolute Gasteiger partial charge is 0.320 e. The number of amides is 1. The van der Waals surface area contributed by atoms with Crippen LogP contribution < -0.4 is 5.32 Å². The zero-order valence-electron chi connectivity index (χ0n) is 9.85. The van der Waals surface area contributed by atoms with Crippen LogP contribution in [0.5, 0.6) is 0 Å². The Bertz CT molecular complexity index is 552. The van der Waals surface area contributed by atoms with Crippen LogP contribution >= 0.6 is 23.1 Å². The van der Waals surface area contributed by atoms with Crippen LogP contribution in [-0.2, 0) is 0 Å². The monoisotopic (exact) mass is 282 g/mol. The van der Waals surface area contributed by atoms with Gasteiger partial charge in [-0.2, -0.15) is 0 Å². The van der Waals surface area contributed by atoms with E-state index in [9.17, 15) is 4.79 Å². The van der Waals surface area contributed by atoms with E-state index >= 15 is 0 Å². The second-order valence-electron chi connectivity index (χ2n) is 3.97. The van der Waals surface area contributed by atoms with Gasteiger partial charge in [-0.25, -0.2) is 4.98 Å². The van der Waals surface area contributed by atoms with Gasteiger partial charge < -0.3 is 5.32 Å². The van der Waals surface area contributed by atoms with Gasteiger partial charge in [0, 0.05) is 0 Å². The Morgan fingerprint density at radius 2 is 2.22 bits per heavy atom. The molecule has 0 aromatic carbocycles. The Balaban J connectivity index is 2.17. The van der Waals surface area contributed by atoms with E-state index in [2.05, 4.69) is 19.9 Å². The molecule has 94 valence electrons. The molecular formula is C11H11ClN4OS. The summed E-state index contributed by atoms with van der Waals surface area (Å²) in [6.07, 6.45) is 1.50. The molecule has 2 rings (SSSR count). The number of hydrogen-bond donors (Lipinski definition) is 1. The molecule has 0 aliphatic heterocycles. The predicted octanol–water partition coefficient (Wildman–Crippen LogP) is 2.96. The first-order valence-corrected chi connectivity index (χ1v) is 6.48. The summed E-state index contributed by atoms with van der Waals surface area (Å²) in [4.78, 5) is 16.5. The normalized spacial score (nSPS) is 10.7. The zero-order valence-corrected chi connectivity index (χ0v) is 11.4. The maximum Gasteiger partial charge on any atom is 0.269 e. The highest BCUT2D eigenvalue weighted by molar-refractivity contribution is 7.08. The minimum absolute atomic E-state index is 0.160. The van der Waals surface area contributed by atoms with Crippen molar-refractivity contribution in [3.05, 3.63) is 34.1 Å². The summed E-state index contributed by atoms with van der Waals surface area (Å²) >= 11 is 6.76. The van der Waals surface area contributed by atoms with Crippen LogP contribution in [0.25, 0.3) is 0 Å². The fourth-order valence-electron chi connectivity index (χ4n) is 1.37. The van der Waals surface area contributed by atoms with Gasteiger partial charge in [0.05, 0.1) is 17.6 Å². The lowest BCUT2D eigenvalue weighted by Crippen LogP contribution is -2.13. The van der Waals surface area contributed by atoms with E-state index in [0.29, 0.717) is 21.4 Å². The summed E-state index contributed by atoms with van der Waals surface area (Å²) in [5.41, 5.74) is 1.30. The summed E-state index contributed by atoms with van der Waals surface area (Å²) in [6.45, 7) is 3.94. The number of aromatic nitrogens is 3. The van der Waals surface area contributed by atoms with E-state index in [1.807, 2.05) is 13.8 Å². The fraction of sp³-hybridized carbons (Fsp3) is 0.273. The Morgan fingerprint density at radius 3 is 2.83 bits per heavy atom. The average molecular weight is 283 g/mol. The Hall–Kier alpha value is -1.53. The quantitative estimate of drug-likeness (QED) is 0.879. The molecule has 7 heteroatoms. The number of nitrogens with zero attached hydrogens (tertiary/aromatic N) is 3. The zero-order chi connectivity index (χ0) is 13.1. The average Bonchev–Trinajstić information content (AvgIpc) is 2.81. The van der Waals surface area contributed by atoms with Gasteiger partial charge in [-0.1, -0.05) is 29.9 Å². The van der Waals surface area contributed by atoms with Gasteiger partial charge in [0.15, 0.2) is 0 Å². The van der Waals surface area contributed by atoms with Gasteiger partial charge in [0.25, 0.3) is 5.91 Å². The molecule has 0 radical (unpaired) electrons. The first-order chi connectivity index (χ1) is 8.58. The van der Waals surface area contributed by atoms with Crippen LogP contribution in [0, 0.1) is 0 Å². The molecule has 0 saturated heterocycles. The second-order valence-corrected chi connectivity index (χ2v) is 5.11. The van der Waals surface area contributed by atoms with Crippen molar-refractivity contribution in [1.29, 1.82) is 0 Å². The highest BCUT2D eigenvalue weighted by atomic mass is 35.5. The van der Waals surface area contributed by atoms with Crippen LogP contribution in [-0.4, -0.2) is 20.5 Å². The molecule has 0 spiro atoms. The van der Waals surface area contributed by atoms with E-state index in [0.717, 1.165) is 11.5 Å². The highest BCUT2D eigenvalue weighted by Gasteiger charge is 2.18. The van der Waals surface area contributed by atoms with E-state index < -0.39 is 0 Å². The van der Waals surface area contributed by atoms with Crippen molar-refractivity contribution in [3.63, 3.8) is 0 Å². The van der Waals surface area contributed by atoms with Gasteiger partial charge in [0.2, 0.25) is 0 Å². The summed E-state index contributed by atoms with van der Waals surface area (Å²) in [6, 6.07) is 3.31. The maximum absolute atomic E-state index is 12.0. The molecule has 0 aliphatic rings. The molecule has 18 heavy (non-hydrogen) atoms. The number of carbonyl (C=O) groups excluding carboxylic acids is 1. The van der Waals surface area contributed by atoms with Gasteiger partial charge in [0.1, 0.15) is 10.0 Å². The summed E-state index contributed by atoms with van der Waals surface area (Å²) in [5, 5.41) is 7.09. The summed E-state index contributed by atoms with van der Waals surface area (Å²) < 4.78 is 3.81. The molecule has 0 atom stereocenters. The smallest absolute Gasteiger partial charge is 0.269 e. The summed E-state index contributed by atoms with van der Waals surface area (Å²) in [5.74, 6) is -0.0642. The van der Waals surface area contributed by atoms with Crippen molar-refractivity contribution in [1.82, 2.24) is 14.6 Å². The topological polar surface area (TPSA) is 67.8 Å². The van der Waals surface area contributed by atoms with E-state index in [1.165, 1.54) is 6.20 Å². The number of halogens is 1. The first-order valence-electron chi connectivity index (χ1n) is 5.33. The Kier molecular flexibility index (Phi) is 3.88. The molecule has 2 aromatic rings. The van der Waals surface area contributed by atoms with Crippen LogP contribution in [0.1, 0.15) is 35.1 Å². The van der Waals surface area contributed by atoms with Crippen molar-refractivity contribution >= 4 is 34.7 Å². The molecule has 2 aromatic heterocycles. The highest BCUT2D eigenvalue weighted by Crippen LogP contribution is 2.21. The molecule has 0 saturated carbocycles. The first kappa shape index (κ1) is 12.9.